The van der Waals surface area contributed by atoms with Crippen LogP contribution in [0, 0.1) is 5.41 Å². The number of carbonyl (C=O) groups is 1. The smallest absolute Gasteiger partial charge is 0.316 e. The fraction of sp³-hybridized carbons (Fsp3) is 0.889. The highest BCUT2D eigenvalue weighted by molar-refractivity contribution is 6.62. The molecule has 1 amide bonds. The number of rotatable bonds is 2. The molecule has 1 fully saturated rings. The standard InChI is InChI=1S/C9H16ClNO/c1-3-9(4-2)5-6-11(7-9)8(10)12/h3-7H2,1-2H3. The molecule has 0 saturated carbocycles. The third-order valence-corrected chi connectivity index (χ3v) is 3.43. The largest absolute Gasteiger partial charge is 0.329 e. The molecule has 1 aliphatic rings. The molecule has 12 heavy (non-hydrogen) atoms. The van der Waals surface area contributed by atoms with Crippen molar-refractivity contribution >= 4 is 17.0 Å². The van der Waals surface area contributed by atoms with E-state index in [1.807, 2.05) is 0 Å². The zero-order chi connectivity index (χ0) is 9.19. The third-order valence-electron chi connectivity index (χ3n) is 3.19. The van der Waals surface area contributed by atoms with E-state index in [0.29, 0.717) is 5.41 Å². The first-order valence-electron chi connectivity index (χ1n) is 4.58. The molecule has 0 atom stereocenters. The Labute approximate surface area is 78.9 Å². The van der Waals surface area contributed by atoms with Crippen LogP contribution in [0.3, 0.4) is 0 Å². The van der Waals surface area contributed by atoms with Gasteiger partial charge in [0.2, 0.25) is 0 Å². The maximum absolute atomic E-state index is 10.9. The second kappa shape index (κ2) is 3.65. The molecule has 1 heterocycles. The number of nitrogens with zero attached hydrogens (tertiary/aromatic N) is 1. The van der Waals surface area contributed by atoms with E-state index in [9.17, 15) is 4.79 Å². The van der Waals surface area contributed by atoms with Crippen LogP contribution in [0.2, 0.25) is 0 Å². The van der Waals surface area contributed by atoms with Gasteiger partial charge in [-0.15, -0.1) is 0 Å². The van der Waals surface area contributed by atoms with E-state index in [1.54, 1.807) is 4.90 Å². The monoisotopic (exact) mass is 189 g/mol. The predicted octanol–water partition coefficient (Wildman–Crippen LogP) is 2.86. The zero-order valence-electron chi connectivity index (χ0n) is 7.77. The second-order valence-electron chi connectivity index (χ2n) is 3.63. The van der Waals surface area contributed by atoms with Gasteiger partial charge in [-0.3, -0.25) is 4.79 Å². The lowest BCUT2D eigenvalue weighted by Gasteiger charge is -2.25. The Balaban J connectivity index is 2.58. The van der Waals surface area contributed by atoms with E-state index in [0.717, 1.165) is 32.4 Å². The minimum Gasteiger partial charge on any atom is -0.329 e. The predicted molar refractivity (Wildman–Crippen MR) is 50.5 cm³/mol. The lowest BCUT2D eigenvalue weighted by atomic mass is 9.82. The molecule has 2 nitrogen and oxygen atoms in total. The molecule has 0 N–H and O–H groups in total. The van der Waals surface area contributed by atoms with Gasteiger partial charge in [0.1, 0.15) is 0 Å². The molecule has 0 aromatic heterocycles. The Hall–Kier alpha value is -0.240. The molecule has 0 bridgehead atoms. The normalized spacial score (nSPS) is 21.4. The topological polar surface area (TPSA) is 20.3 Å². The highest BCUT2D eigenvalue weighted by atomic mass is 35.5. The van der Waals surface area contributed by atoms with Crippen molar-refractivity contribution in [2.45, 2.75) is 33.1 Å². The van der Waals surface area contributed by atoms with Gasteiger partial charge in [-0.25, -0.2) is 0 Å². The average molecular weight is 190 g/mol. The summed E-state index contributed by atoms with van der Waals surface area (Å²) in [4.78, 5) is 12.6. The van der Waals surface area contributed by atoms with Crippen molar-refractivity contribution in [1.29, 1.82) is 0 Å². The lowest BCUT2D eigenvalue weighted by Crippen LogP contribution is -2.27. The van der Waals surface area contributed by atoms with Crippen molar-refractivity contribution in [3.8, 4) is 0 Å². The summed E-state index contributed by atoms with van der Waals surface area (Å²) in [6.45, 7) is 6.06. The Kier molecular flexibility index (Phi) is 2.99. The molecule has 0 spiro atoms. The zero-order valence-corrected chi connectivity index (χ0v) is 8.52. The molecule has 1 rings (SSSR count). The molecule has 1 aliphatic heterocycles. The highest BCUT2D eigenvalue weighted by Gasteiger charge is 2.36. The SMILES string of the molecule is CCC1(CC)CCN(C(=O)Cl)C1. The molecule has 0 aromatic carbocycles. The summed E-state index contributed by atoms with van der Waals surface area (Å²) in [5.41, 5.74) is 0.352. The Bertz CT molecular complexity index is 177. The summed E-state index contributed by atoms with van der Waals surface area (Å²) >= 11 is 5.41. The van der Waals surface area contributed by atoms with E-state index >= 15 is 0 Å². The van der Waals surface area contributed by atoms with Crippen molar-refractivity contribution in [2.75, 3.05) is 13.1 Å². The van der Waals surface area contributed by atoms with Gasteiger partial charge in [0, 0.05) is 13.1 Å². The van der Waals surface area contributed by atoms with Crippen molar-refractivity contribution < 1.29 is 4.79 Å². The van der Waals surface area contributed by atoms with Crippen LogP contribution < -0.4 is 0 Å². The first-order chi connectivity index (χ1) is 5.63. The van der Waals surface area contributed by atoms with E-state index in [4.69, 9.17) is 11.6 Å². The fourth-order valence-corrected chi connectivity index (χ4v) is 2.06. The fourth-order valence-electron chi connectivity index (χ4n) is 1.91. The quantitative estimate of drug-likeness (QED) is 0.483. The first-order valence-corrected chi connectivity index (χ1v) is 4.96. The molecule has 3 heteroatoms. The van der Waals surface area contributed by atoms with Gasteiger partial charge in [0.25, 0.3) is 0 Å². The van der Waals surface area contributed by atoms with Crippen molar-refractivity contribution in [3.63, 3.8) is 0 Å². The maximum atomic E-state index is 10.9. The lowest BCUT2D eigenvalue weighted by molar-refractivity contribution is 0.218. The van der Waals surface area contributed by atoms with Gasteiger partial charge in [-0.2, -0.15) is 0 Å². The average Bonchev–Trinajstić information content (AvgIpc) is 2.49. The number of amides is 1. The molecule has 0 unspecified atom stereocenters. The number of hydrogen-bond acceptors (Lipinski definition) is 1. The number of hydrogen-bond donors (Lipinski definition) is 0. The van der Waals surface area contributed by atoms with Crippen LogP contribution in [0.1, 0.15) is 33.1 Å². The molecule has 0 radical (unpaired) electrons. The number of likely N-dealkylation sites (tertiary alicyclic amines) is 1. The Morgan fingerprint density at radius 1 is 1.50 bits per heavy atom. The molecular formula is C9H16ClNO. The summed E-state index contributed by atoms with van der Waals surface area (Å²) < 4.78 is 0. The molecule has 70 valence electrons. The summed E-state index contributed by atoms with van der Waals surface area (Å²) in [5, 5.41) is -0.293. The molecule has 1 saturated heterocycles. The minimum atomic E-state index is -0.293. The third kappa shape index (κ3) is 1.74. The minimum absolute atomic E-state index is 0.293. The maximum Gasteiger partial charge on any atom is 0.316 e. The Morgan fingerprint density at radius 3 is 2.33 bits per heavy atom. The molecular weight excluding hydrogens is 174 g/mol. The van der Waals surface area contributed by atoms with Gasteiger partial charge in [0.15, 0.2) is 0 Å². The summed E-state index contributed by atoms with van der Waals surface area (Å²) in [5.74, 6) is 0. The van der Waals surface area contributed by atoms with Crippen LogP contribution in [-0.2, 0) is 0 Å². The van der Waals surface area contributed by atoms with E-state index < -0.39 is 0 Å². The molecule has 0 aromatic rings. The van der Waals surface area contributed by atoms with Crippen LogP contribution in [0.25, 0.3) is 0 Å². The number of carbonyl (C=O) groups excluding carboxylic acids is 1. The van der Waals surface area contributed by atoms with Gasteiger partial charge in [0.05, 0.1) is 0 Å². The van der Waals surface area contributed by atoms with E-state index in [-0.39, 0.29) is 5.37 Å². The van der Waals surface area contributed by atoms with Gasteiger partial charge >= 0.3 is 5.37 Å². The van der Waals surface area contributed by atoms with E-state index in [1.165, 1.54) is 0 Å². The van der Waals surface area contributed by atoms with Crippen LogP contribution >= 0.6 is 11.6 Å². The second-order valence-corrected chi connectivity index (χ2v) is 3.95. The van der Waals surface area contributed by atoms with Crippen molar-refractivity contribution in [3.05, 3.63) is 0 Å². The number of halogens is 1. The Morgan fingerprint density at radius 2 is 2.08 bits per heavy atom. The summed E-state index contributed by atoms with van der Waals surface area (Å²) in [7, 11) is 0. The molecule has 0 aliphatic carbocycles. The highest BCUT2D eigenvalue weighted by Crippen LogP contribution is 2.37. The summed E-state index contributed by atoms with van der Waals surface area (Å²) in [6.07, 6.45) is 3.40. The van der Waals surface area contributed by atoms with Gasteiger partial charge in [-0.05, 0) is 36.3 Å². The van der Waals surface area contributed by atoms with Gasteiger partial charge in [-0.1, -0.05) is 13.8 Å². The van der Waals surface area contributed by atoms with Crippen LogP contribution in [0.4, 0.5) is 4.79 Å². The van der Waals surface area contributed by atoms with Crippen molar-refractivity contribution in [1.82, 2.24) is 4.90 Å². The van der Waals surface area contributed by atoms with Crippen LogP contribution in [0.5, 0.6) is 0 Å². The first kappa shape index (κ1) is 9.85. The van der Waals surface area contributed by atoms with Gasteiger partial charge < -0.3 is 4.90 Å². The van der Waals surface area contributed by atoms with Crippen molar-refractivity contribution in [2.24, 2.45) is 5.41 Å². The van der Waals surface area contributed by atoms with Crippen LogP contribution in [0.15, 0.2) is 0 Å². The van der Waals surface area contributed by atoms with Crippen LogP contribution in [-0.4, -0.2) is 23.4 Å². The summed E-state index contributed by atoms with van der Waals surface area (Å²) in [6, 6.07) is 0. The van der Waals surface area contributed by atoms with E-state index in [2.05, 4.69) is 13.8 Å².